The number of hydrogen-bond donors (Lipinski definition) is 0. The maximum Gasteiger partial charge on any atom is 0.224 e. The molecule has 1 aromatic heterocycles. The van der Waals surface area contributed by atoms with Crippen LogP contribution in [-0.2, 0) is 0 Å². The summed E-state index contributed by atoms with van der Waals surface area (Å²) in [6.07, 6.45) is 0. The second-order valence-corrected chi connectivity index (χ2v) is 3.64. The maximum atomic E-state index is 12.9. The van der Waals surface area contributed by atoms with Crippen molar-refractivity contribution < 1.29 is 13.5 Å². The Kier molecular flexibility index (Phi) is 3.19. The van der Waals surface area contributed by atoms with Gasteiger partial charge in [0.1, 0.15) is 16.7 Å². The molecular weight excluding hydrogens is 250 g/mol. The zero-order valence-electron chi connectivity index (χ0n) is 8.75. The van der Waals surface area contributed by atoms with Crippen LogP contribution < -0.4 is 4.74 Å². The predicted octanol–water partition coefficient (Wildman–Crippen LogP) is 3.51. The van der Waals surface area contributed by atoms with E-state index in [2.05, 4.69) is 9.97 Å². The number of aromatic nitrogens is 2. The quantitative estimate of drug-likeness (QED) is 0.771. The second-order valence-electron chi connectivity index (χ2n) is 3.25. The molecule has 0 fully saturated rings. The lowest BCUT2D eigenvalue weighted by molar-refractivity contribution is 0.445. The normalized spacial score (nSPS) is 10.4. The Hall–Kier alpha value is -1.75. The molecule has 0 spiro atoms. The van der Waals surface area contributed by atoms with Crippen molar-refractivity contribution in [1.29, 1.82) is 0 Å². The van der Waals surface area contributed by atoms with Crippen molar-refractivity contribution in [1.82, 2.24) is 9.97 Å². The summed E-state index contributed by atoms with van der Waals surface area (Å²) < 4.78 is 30.8. The number of nitrogens with zero attached hydrogens (tertiary/aromatic N) is 2. The van der Waals surface area contributed by atoms with Crippen molar-refractivity contribution in [3.8, 4) is 11.6 Å². The first-order valence-electron chi connectivity index (χ1n) is 4.69. The highest BCUT2D eigenvalue weighted by molar-refractivity contribution is 6.29. The van der Waals surface area contributed by atoms with E-state index >= 15 is 0 Å². The van der Waals surface area contributed by atoms with E-state index < -0.39 is 11.6 Å². The average Bonchev–Trinajstić information content (AvgIpc) is 2.22. The van der Waals surface area contributed by atoms with Gasteiger partial charge in [0.15, 0.2) is 11.6 Å². The number of hydrogen-bond acceptors (Lipinski definition) is 3. The van der Waals surface area contributed by atoms with E-state index in [-0.39, 0.29) is 16.8 Å². The molecule has 6 heteroatoms. The molecule has 88 valence electrons. The molecule has 17 heavy (non-hydrogen) atoms. The lowest BCUT2D eigenvalue weighted by Gasteiger charge is -2.05. The Balaban J connectivity index is 2.28. The van der Waals surface area contributed by atoms with Crippen LogP contribution in [0.2, 0.25) is 5.15 Å². The molecule has 0 atom stereocenters. The van der Waals surface area contributed by atoms with Gasteiger partial charge in [0.05, 0.1) is 0 Å². The Morgan fingerprint density at radius 3 is 2.53 bits per heavy atom. The number of benzene rings is 1. The fourth-order valence-electron chi connectivity index (χ4n) is 1.22. The van der Waals surface area contributed by atoms with Crippen molar-refractivity contribution >= 4 is 11.6 Å². The maximum absolute atomic E-state index is 12.9. The summed E-state index contributed by atoms with van der Waals surface area (Å²) >= 11 is 5.71. The monoisotopic (exact) mass is 256 g/mol. The van der Waals surface area contributed by atoms with Gasteiger partial charge in [0, 0.05) is 12.1 Å². The Bertz CT molecular complexity index is 543. The van der Waals surface area contributed by atoms with Crippen LogP contribution in [0.4, 0.5) is 8.78 Å². The molecule has 0 saturated carbocycles. The fraction of sp³-hybridized carbons (Fsp3) is 0.0909. The molecule has 0 aliphatic heterocycles. The topological polar surface area (TPSA) is 35.0 Å². The van der Waals surface area contributed by atoms with Crippen molar-refractivity contribution in [3.05, 3.63) is 46.9 Å². The second kappa shape index (κ2) is 4.63. The molecule has 0 bridgehead atoms. The molecule has 2 aromatic rings. The van der Waals surface area contributed by atoms with Gasteiger partial charge in [-0.15, -0.1) is 0 Å². The minimum absolute atomic E-state index is 0.137. The molecule has 0 aliphatic rings. The Morgan fingerprint density at radius 2 is 1.88 bits per heavy atom. The number of aryl methyl sites for hydroxylation is 1. The van der Waals surface area contributed by atoms with Gasteiger partial charge >= 0.3 is 0 Å². The fourth-order valence-corrected chi connectivity index (χ4v) is 1.43. The molecule has 0 aliphatic carbocycles. The Morgan fingerprint density at radius 1 is 1.12 bits per heavy atom. The molecular formula is C11H7ClF2N2O. The van der Waals surface area contributed by atoms with Gasteiger partial charge in [0.25, 0.3) is 0 Å². The van der Waals surface area contributed by atoms with E-state index in [1.54, 1.807) is 6.92 Å². The van der Waals surface area contributed by atoms with Gasteiger partial charge in [-0.1, -0.05) is 11.6 Å². The standard InChI is InChI=1S/C11H7ClF2N2O/c1-6-15-10(12)5-11(16-6)17-7-2-3-8(13)9(14)4-7/h2-5H,1H3. The van der Waals surface area contributed by atoms with Gasteiger partial charge < -0.3 is 4.74 Å². The van der Waals surface area contributed by atoms with Crippen molar-refractivity contribution in [2.45, 2.75) is 6.92 Å². The first-order valence-corrected chi connectivity index (χ1v) is 5.06. The van der Waals surface area contributed by atoms with E-state index in [0.717, 1.165) is 12.1 Å². The zero-order valence-corrected chi connectivity index (χ0v) is 9.50. The van der Waals surface area contributed by atoms with Gasteiger partial charge in [0.2, 0.25) is 5.88 Å². The van der Waals surface area contributed by atoms with Crippen LogP contribution in [0, 0.1) is 18.6 Å². The third kappa shape index (κ3) is 2.88. The summed E-state index contributed by atoms with van der Waals surface area (Å²) in [5, 5.41) is 0.218. The highest BCUT2D eigenvalue weighted by Gasteiger charge is 2.06. The summed E-state index contributed by atoms with van der Waals surface area (Å²) in [4.78, 5) is 7.80. The summed E-state index contributed by atoms with van der Waals surface area (Å²) in [6.45, 7) is 1.64. The minimum atomic E-state index is -0.987. The van der Waals surface area contributed by atoms with Gasteiger partial charge in [-0.3, -0.25) is 0 Å². The summed E-state index contributed by atoms with van der Waals surface area (Å²) in [5.74, 6) is -1.18. The SMILES string of the molecule is Cc1nc(Cl)cc(Oc2ccc(F)c(F)c2)n1. The Labute approximate surface area is 101 Å². The van der Waals surface area contributed by atoms with Crippen LogP contribution in [-0.4, -0.2) is 9.97 Å². The molecule has 0 N–H and O–H groups in total. The number of ether oxygens (including phenoxy) is 1. The molecule has 1 aromatic carbocycles. The van der Waals surface area contributed by atoms with Crippen LogP contribution in [0.15, 0.2) is 24.3 Å². The van der Waals surface area contributed by atoms with E-state index in [0.29, 0.717) is 5.82 Å². The molecule has 0 amide bonds. The smallest absolute Gasteiger partial charge is 0.224 e. The van der Waals surface area contributed by atoms with Crippen LogP contribution in [0.3, 0.4) is 0 Å². The van der Waals surface area contributed by atoms with Crippen molar-refractivity contribution in [2.75, 3.05) is 0 Å². The molecule has 0 saturated heterocycles. The van der Waals surface area contributed by atoms with Gasteiger partial charge in [-0.05, 0) is 19.1 Å². The summed E-state index contributed by atoms with van der Waals surface area (Å²) in [7, 11) is 0. The third-order valence-electron chi connectivity index (χ3n) is 1.90. The van der Waals surface area contributed by atoms with E-state index in [1.165, 1.54) is 12.1 Å². The van der Waals surface area contributed by atoms with Crippen LogP contribution in [0.25, 0.3) is 0 Å². The minimum Gasteiger partial charge on any atom is -0.439 e. The summed E-state index contributed by atoms with van der Waals surface area (Å²) in [5.41, 5.74) is 0. The first-order chi connectivity index (χ1) is 8.04. The first kappa shape index (κ1) is 11.7. The average molecular weight is 257 g/mol. The third-order valence-corrected chi connectivity index (χ3v) is 2.09. The highest BCUT2D eigenvalue weighted by Crippen LogP contribution is 2.23. The molecule has 1 heterocycles. The highest BCUT2D eigenvalue weighted by atomic mass is 35.5. The lowest BCUT2D eigenvalue weighted by Crippen LogP contribution is -1.94. The predicted molar refractivity (Wildman–Crippen MR) is 58.2 cm³/mol. The number of halogens is 3. The van der Waals surface area contributed by atoms with Crippen molar-refractivity contribution in [2.24, 2.45) is 0 Å². The lowest BCUT2D eigenvalue weighted by atomic mass is 10.3. The zero-order chi connectivity index (χ0) is 12.4. The molecule has 3 nitrogen and oxygen atoms in total. The molecule has 2 rings (SSSR count). The van der Waals surface area contributed by atoms with Crippen LogP contribution in [0.1, 0.15) is 5.82 Å². The van der Waals surface area contributed by atoms with E-state index in [9.17, 15) is 8.78 Å². The largest absolute Gasteiger partial charge is 0.439 e. The number of rotatable bonds is 2. The molecule has 0 unspecified atom stereocenters. The van der Waals surface area contributed by atoms with Crippen LogP contribution in [0.5, 0.6) is 11.6 Å². The van der Waals surface area contributed by atoms with Crippen LogP contribution >= 0.6 is 11.6 Å². The van der Waals surface area contributed by atoms with Gasteiger partial charge in [-0.25, -0.2) is 13.8 Å². The van der Waals surface area contributed by atoms with E-state index in [1.807, 2.05) is 0 Å². The summed E-state index contributed by atoms with van der Waals surface area (Å²) in [6, 6.07) is 4.58. The van der Waals surface area contributed by atoms with Crippen molar-refractivity contribution in [3.63, 3.8) is 0 Å². The molecule has 0 radical (unpaired) electrons. The van der Waals surface area contributed by atoms with Gasteiger partial charge in [-0.2, -0.15) is 4.98 Å². The van der Waals surface area contributed by atoms with E-state index in [4.69, 9.17) is 16.3 Å².